The molecule has 0 bridgehead atoms. The molecule has 24 heavy (non-hydrogen) atoms. The highest BCUT2D eigenvalue weighted by Gasteiger charge is 2.29. The third kappa shape index (κ3) is 12.1. The third-order valence-corrected chi connectivity index (χ3v) is 15.1. The van der Waals surface area contributed by atoms with Gasteiger partial charge >= 0.3 is 6.16 Å². The lowest BCUT2D eigenvalue weighted by Gasteiger charge is -2.30. The minimum absolute atomic E-state index is 0.379. The van der Waals surface area contributed by atoms with Crippen molar-refractivity contribution in [1.82, 2.24) is 0 Å². The van der Waals surface area contributed by atoms with Crippen LogP contribution < -0.4 is 0 Å². The Labute approximate surface area is 153 Å². The van der Waals surface area contributed by atoms with Crippen molar-refractivity contribution in [3.63, 3.8) is 0 Å². The highest BCUT2D eigenvalue weighted by molar-refractivity contribution is 6.86. The van der Waals surface area contributed by atoms with Crippen molar-refractivity contribution in [2.24, 2.45) is 0 Å². The van der Waals surface area contributed by atoms with Gasteiger partial charge in [0.05, 0.1) is 21.3 Å². The van der Waals surface area contributed by atoms with Crippen LogP contribution in [0.3, 0.4) is 0 Å². The molecule has 0 amide bonds. The van der Waals surface area contributed by atoms with Gasteiger partial charge in [0.1, 0.15) is 0 Å². The number of hydrogen-bond donors (Lipinski definition) is 0. The molecule has 0 aromatic carbocycles. The largest absolute Gasteiger partial charge is 0.508 e. The van der Waals surface area contributed by atoms with E-state index >= 15 is 0 Å². The van der Waals surface area contributed by atoms with Crippen LogP contribution in [0.2, 0.25) is 69.5 Å². The maximum atomic E-state index is 11.2. The molecule has 0 saturated carbocycles. The summed E-state index contributed by atoms with van der Waals surface area (Å²) in [4.78, 5) is 11.2. The molecule has 0 aromatic rings. The SMILES string of the molecule is C=C[Si](C)(C)CC[Si](C)(C)CC[Si](C)(C)CCCOC(=O)OCC. The molecule has 0 N–H and O–H groups in total. The first kappa shape index (κ1) is 23.7. The molecule has 0 rings (SSSR count). The van der Waals surface area contributed by atoms with E-state index < -0.39 is 30.4 Å². The van der Waals surface area contributed by atoms with Gasteiger partial charge in [-0.25, -0.2) is 4.79 Å². The Morgan fingerprint density at radius 2 is 1.38 bits per heavy atom. The molecule has 0 aliphatic carbocycles. The Kier molecular flexibility index (Phi) is 10.5. The Morgan fingerprint density at radius 1 is 0.875 bits per heavy atom. The predicted molar refractivity (Wildman–Crippen MR) is 114 cm³/mol. The van der Waals surface area contributed by atoms with Crippen molar-refractivity contribution < 1.29 is 14.3 Å². The van der Waals surface area contributed by atoms with Crippen LogP contribution in [0.4, 0.5) is 4.79 Å². The lowest BCUT2D eigenvalue weighted by Crippen LogP contribution is -2.34. The summed E-state index contributed by atoms with van der Waals surface area (Å²) in [6, 6.07) is 6.90. The van der Waals surface area contributed by atoms with Gasteiger partial charge in [-0.3, -0.25) is 0 Å². The maximum Gasteiger partial charge on any atom is 0.508 e. The van der Waals surface area contributed by atoms with Gasteiger partial charge in [0.2, 0.25) is 0 Å². The summed E-state index contributed by atoms with van der Waals surface area (Å²) in [7, 11) is -3.45. The quantitative estimate of drug-likeness (QED) is 0.220. The van der Waals surface area contributed by atoms with E-state index in [1.165, 1.54) is 30.2 Å². The summed E-state index contributed by atoms with van der Waals surface area (Å²) in [6.45, 7) is 21.6. The summed E-state index contributed by atoms with van der Waals surface area (Å²) in [5, 5.41) is 0. The molecular weight excluding hydrogens is 348 g/mol. The molecule has 0 unspecified atom stereocenters. The van der Waals surface area contributed by atoms with E-state index in [1.54, 1.807) is 6.92 Å². The first-order valence-electron chi connectivity index (χ1n) is 9.36. The lowest BCUT2D eigenvalue weighted by molar-refractivity contribution is 0.0591. The van der Waals surface area contributed by atoms with E-state index in [2.05, 4.69) is 51.6 Å². The van der Waals surface area contributed by atoms with Crippen LogP contribution in [0.25, 0.3) is 0 Å². The minimum atomic E-state index is -1.19. The van der Waals surface area contributed by atoms with E-state index in [9.17, 15) is 4.79 Å². The van der Waals surface area contributed by atoms with Gasteiger partial charge in [0.25, 0.3) is 0 Å². The molecule has 0 aromatic heterocycles. The molecule has 0 radical (unpaired) electrons. The molecule has 0 fully saturated rings. The van der Waals surface area contributed by atoms with E-state index in [0.29, 0.717) is 13.2 Å². The summed E-state index contributed by atoms with van der Waals surface area (Å²) in [5.41, 5.74) is 2.24. The van der Waals surface area contributed by atoms with Crippen LogP contribution in [-0.2, 0) is 9.47 Å². The Balaban J connectivity index is 4.12. The molecule has 3 nitrogen and oxygen atoms in total. The van der Waals surface area contributed by atoms with Gasteiger partial charge in [0.15, 0.2) is 0 Å². The number of hydrogen-bond acceptors (Lipinski definition) is 3. The fourth-order valence-corrected chi connectivity index (χ4v) is 15.1. The maximum absolute atomic E-state index is 11.2. The summed E-state index contributed by atoms with van der Waals surface area (Å²) >= 11 is 0. The second kappa shape index (κ2) is 10.6. The zero-order valence-corrected chi connectivity index (χ0v) is 20.2. The van der Waals surface area contributed by atoms with E-state index in [0.717, 1.165) is 6.42 Å². The van der Waals surface area contributed by atoms with Crippen LogP contribution in [0, 0.1) is 0 Å². The molecular formula is C18H40O3Si3. The summed E-state index contributed by atoms with van der Waals surface area (Å²) in [5.74, 6) is 0. The van der Waals surface area contributed by atoms with E-state index in [-0.39, 0.29) is 0 Å². The number of ether oxygens (including phenoxy) is 2. The molecule has 0 aliphatic heterocycles. The van der Waals surface area contributed by atoms with E-state index in [1.807, 2.05) is 0 Å². The fraction of sp³-hybridized carbons (Fsp3) is 0.833. The molecule has 0 atom stereocenters. The average Bonchev–Trinajstić information content (AvgIpc) is 2.49. The van der Waals surface area contributed by atoms with Crippen LogP contribution in [0.5, 0.6) is 0 Å². The molecule has 142 valence electrons. The highest BCUT2D eigenvalue weighted by atomic mass is 28.3. The lowest BCUT2D eigenvalue weighted by atomic mass is 10.5. The smallest absolute Gasteiger partial charge is 0.435 e. The number of carbonyl (C=O) groups is 1. The van der Waals surface area contributed by atoms with E-state index in [4.69, 9.17) is 9.47 Å². The molecule has 6 heteroatoms. The van der Waals surface area contributed by atoms with Crippen LogP contribution in [0.15, 0.2) is 12.3 Å². The molecule has 0 heterocycles. The van der Waals surface area contributed by atoms with Gasteiger partial charge in [-0.15, -0.1) is 12.3 Å². The van der Waals surface area contributed by atoms with Crippen LogP contribution in [-0.4, -0.2) is 43.6 Å². The van der Waals surface area contributed by atoms with Gasteiger partial charge in [-0.05, 0) is 13.3 Å². The van der Waals surface area contributed by atoms with Crippen molar-refractivity contribution in [3.05, 3.63) is 12.3 Å². The Bertz CT molecular complexity index is 393. The Morgan fingerprint density at radius 3 is 1.88 bits per heavy atom. The summed E-state index contributed by atoms with van der Waals surface area (Å²) < 4.78 is 9.86. The Hall–Kier alpha value is -0.339. The van der Waals surface area contributed by atoms with Crippen molar-refractivity contribution in [2.75, 3.05) is 13.2 Å². The predicted octanol–water partition coefficient (Wildman–Crippen LogP) is 6.40. The highest BCUT2D eigenvalue weighted by Crippen LogP contribution is 2.29. The van der Waals surface area contributed by atoms with Gasteiger partial charge in [-0.1, -0.05) is 69.5 Å². The second-order valence-corrected chi connectivity index (χ2v) is 24.7. The molecule has 0 spiro atoms. The molecule has 0 saturated heterocycles. The van der Waals surface area contributed by atoms with Crippen LogP contribution in [0.1, 0.15) is 13.3 Å². The second-order valence-electron chi connectivity index (χ2n) is 9.16. The molecule has 0 aliphatic rings. The third-order valence-electron chi connectivity index (χ3n) is 4.96. The van der Waals surface area contributed by atoms with Crippen molar-refractivity contribution in [3.8, 4) is 0 Å². The monoisotopic (exact) mass is 388 g/mol. The topological polar surface area (TPSA) is 35.5 Å². The normalized spacial score (nSPS) is 12.8. The number of rotatable bonds is 12. The summed E-state index contributed by atoms with van der Waals surface area (Å²) in [6.07, 6.45) is 0.440. The first-order chi connectivity index (χ1) is 10.9. The zero-order valence-electron chi connectivity index (χ0n) is 17.2. The first-order valence-corrected chi connectivity index (χ1v) is 19.5. The van der Waals surface area contributed by atoms with Crippen molar-refractivity contribution in [2.45, 2.75) is 82.8 Å². The van der Waals surface area contributed by atoms with Gasteiger partial charge in [0, 0.05) is 16.1 Å². The minimum Gasteiger partial charge on any atom is -0.435 e. The van der Waals surface area contributed by atoms with Crippen molar-refractivity contribution >= 4 is 30.4 Å². The standard InChI is InChI=1S/C18H40O3Si3/c1-9-20-18(19)21-12-11-13-23(5,6)16-17-24(7,8)15-14-22(3,4)10-2/h10H,2,9,11-17H2,1,3-8H3. The average molecular weight is 389 g/mol. The van der Waals surface area contributed by atoms with Gasteiger partial charge < -0.3 is 9.47 Å². The number of carbonyl (C=O) groups excluding carboxylic acids is 1. The van der Waals surface area contributed by atoms with Crippen molar-refractivity contribution in [1.29, 1.82) is 0 Å². The van der Waals surface area contributed by atoms with Crippen LogP contribution >= 0.6 is 0 Å². The van der Waals surface area contributed by atoms with Gasteiger partial charge in [-0.2, -0.15) is 0 Å². The zero-order chi connectivity index (χ0) is 18.9. The fourth-order valence-electron chi connectivity index (χ4n) is 2.56.